The summed E-state index contributed by atoms with van der Waals surface area (Å²) in [6.45, 7) is 7.24. The summed E-state index contributed by atoms with van der Waals surface area (Å²) < 4.78 is 0. The van der Waals surface area contributed by atoms with Crippen LogP contribution in [0.4, 0.5) is 5.95 Å². The molecule has 3 rings (SSSR count). The molecule has 7 nitrogen and oxygen atoms in total. The first-order valence-corrected chi connectivity index (χ1v) is 9.01. The van der Waals surface area contributed by atoms with Gasteiger partial charge in [0, 0.05) is 57.6 Å². The molecule has 0 spiro atoms. The maximum Gasteiger partial charge on any atom is 0.225 e. The topological polar surface area (TPSA) is 76.9 Å². The Morgan fingerprint density at radius 1 is 1.25 bits per heavy atom. The van der Waals surface area contributed by atoms with Crippen LogP contribution in [0.25, 0.3) is 0 Å². The Balaban J connectivity index is 1.57. The number of hydrogen-bond donors (Lipinski definition) is 2. The Morgan fingerprint density at radius 2 is 2.00 bits per heavy atom. The molecule has 2 aliphatic rings. The van der Waals surface area contributed by atoms with Crippen LogP contribution in [0, 0.1) is 5.92 Å². The third-order valence-corrected chi connectivity index (χ3v) is 4.84. The first-order chi connectivity index (χ1) is 11.8. The highest BCUT2D eigenvalue weighted by molar-refractivity contribution is 5.80. The third kappa shape index (κ3) is 4.14. The Hall–Kier alpha value is -1.89. The monoisotopic (exact) mass is 332 g/mol. The Labute approximate surface area is 143 Å². The predicted octanol–water partition coefficient (Wildman–Crippen LogP) is 0.725. The minimum atomic E-state index is -0.177. The molecule has 2 heterocycles. The number of aliphatic hydroxyl groups is 1. The van der Waals surface area contributed by atoms with Crippen LogP contribution in [0.1, 0.15) is 26.2 Å². The summed E-state index contributed by atoms with van der Waals surface area (Å²) in [7, 11) is 0. The standard InChI is InChI=1S/C17H28N6O/c1-2-18-16(21-13-14-5-3-6-15(14)24)22-9-11-23(12-10-22)17-19-7-4-8-20-17/h4,7-8,14-15,24H,2-3,5-6,9-13H2,1H3,(H,18,21). The minimum absolute atomic E-state index is 0.177. The van der Waals surface area contributed by atoms with Crippen molar-refractivity contribution in [3.8, 4) is 0 Å². The number of aliphatic hydroxyl groups excluding tert-OH is 1. The van der Waals surface area contributed by atoms with Crippen LogP contribution in [-0.4, -0.2) is 71.3 Å². The normalized spacial score (nSPS) is 25.2. The number of anilines is 1. The van der Waals surface area contributed by atoms with Gasteiger partial charge in [-0.15, -0.1) is 0 Å². The first kappa shape index (κ1) is 17.0. The molecule has 24 heavy (non-hydrogen) atoms. The lowest BCUT2D eigenvalue weighted by atomic mass is 10.1. The van der Waals surface area contributed by atoms with Gasteiger partial charge in [0.1, 0.15) is 0 Å². The van der Waals surface area contributed by atoms with Gasteiger partial charge in [0.05, 0.1) is 6.10 Å². The molecule has 7 heteroatoms. The van der Waals surface area contributed by atoms with Crippen LogP contribution in [0.2, 0.25) is 0 Å². The largest absolute Gasteiger partial charge is 0.393 e. The van der Waals surface area contributed by atoms with Crippen LogP contribution in [0.3, 0.4) is 0 Å². The Bertz CT molecular complexity index is 529. The summed E-state index contributed by atoms with van der Waals surface area (Å²) in [5.41, 5.74) is 0. The Kier molecular flexibility index (Phi) is 5.85. The molecule has 1 aliphatic heterocycles. The van der Waals surface area contributed by atoms with Crippen LogP contribution < -0.4 is 10.2 Å². The minimum Gasteiger partial charge on any atom is -0.393 e. The van der Waals surface area contributed by atoms with Crippen molar-refractivity contribution in [3.63, 3.8) is 0 Å². The summed E-state index contributed by atoms with van der Waals surface area (Å²) in [4.78, 5) is 18.0. The lowest BCUT2D eigenvalue weighted by molar-refractivity contribution is 0.136. The number of guanidine groups is 1. The Morgan fingerprint density at radius 3 is 2.62 bits per heavy atom. The summed E-state index contributed by atoms with van der Waals surface area (Å²) >= 11 is 0. The summed E-state index contributed by atoms with van der Waals surface area (Å²) in [5, 5.41) is 13.4. The van der Waals surface area contributed by atoms with Crippen molar-refractivity contribution < 1.29 is 5.11 Å². The molecule has 2 atom stereocenters. The second kappa shape index (κ2) is 8.28. The van der Waals surface area contributed by atoms with E-state index in [9.17, 15) is 5.11 Å². The van der Waals surface area contributed by atoms with Crippen molar-refractivity contribution in [2.24, 2.45) is 10.9 Å². The summed E-state index contributed by atoms with van der Waals surface area (Å²) in [6, 6.07) is 1.84. The summed E-state index contributed by atoms with van der Waals surface area (Å²) in [6.07, 6.45) is 6.52. The smallest absolute Gasteiger partial charge is 0.225 e. The third-order valence-electron chi connectivity index (χ3n) is 4.84. The average molecular weight is 332 g/mol. The van der Waals surface area contributed by atoms with Gasteiger partial charge in [0.2, 0.25) is 5.95 Å². The van der Waals surface area contributed by atoms with Crippen LogP contribution in [-0.2, 0) is 0 Å². The van der Waals surface area contributed by atoms with Crippen molar-refractivity contribution in [1.29, 1.82) is 0 Å². The predicted molar refractivity (Wildman–Crippen MR) is 95.1 cm³/mol. The second-order valence-corrected chi connectivity index (χ2v) is 6.48. The molecule has 1 saturated heterocycles. The van der Waals surface area contributed by atoms with Gasteiger partial charge in [-0.3, -0.25) is 4.99 Å². The molecule has 2 unspecified atom stereocenters. The van der Waals surface area contributed by atoms with E-state index in [1.165, 1.54) is 0 Å². The van der Waals surface area contributed by atoms with Crippen LogP contribution >= 0.6 is 0 Å². The zero-order chi connectivity index (χ0) is 16.8. The van der Waals surface area contributed by atoms with Gasteiger partial charge < -0.3 is 20.2 Å². The van der Waals surface area contributed by atoms with E-state index in [-0.39, 0.29) is 6.10 Å². The highest BCUT2D eigenvalue weighted by Crippen LogP contribution is 2.25. The molecule has 1 aromatic rings. The molecule has 1 aliphatic carbocycles. The quantitative estimate of drug-likeness (QED) is 0.625. The summed E-state index contributed by atoms with van der Waals surface area (Å²) in [5.74, 6) is 2.08. The van der Waals surface area contributed by atoms with E-state index in [1.54, 1.807) is 12.4 Å². The molecular formula is C17H28N6O. The molecule has 1 saturated carbocycles. The fraction of sp³-hybridized carbons (Fsp3) is 0.706. The number of aliphatic imine (C=N–C) groups is 1. The fourth-order valence-corrected chi connectivity index (χ4v) is 3.43. The number of nitrogens with one attached hydrogen (secondary N) is 1. The van der Waals surface area contributed by atoms with Crippen molar-refractivity contribution in [2.45, 2.75) is 32.3 Å². The van der Waals surface area contributed by atoms with E-state index in [4.69, 9.17) is 4.99 Å². The first-order valence-electron chi connectivity index (χ1n) is 9.01. The van der Waals surface area contributed by atoms with Gasteiger partial charge in [-0.25, -0.2) is 9.97 Å². The van der Waals surface area contributed by atoms with E-state index in [0.717, 1.165) is 63.9 Å². The number of nitrogens with zero attached hydrogens (tertiary/aromatic N) is 5. The highest BCUT2D eigenvalue weighted by Gasteiger charge is 2.26. The zero-order valence-corrected chi connectivity index (χ0v) is 14.4. The molecule has 0 bridgehead atoms. The molecule has 132 valence electrons. The molecular weight excluding hydrogens is 304 g/mol. The van der Waals surface area contributed by atoms with E-state index in [0.29, 0.717) is 12.5 Å². The van der Waals surface area contributed by atoms with Gasteiger partial charge in [-0.1, -0.05) is 6.42 Å². The SMILES string of the molecule is CCNC(=NCC1CCCC1O)N1CCN(c2ncccn2)CC1. The van der Waals surface area contributed by atoms with E-state index in [1.807, 2.05) is 6.07 Å². The highest BCUT2D eigenvalue weighted by atomic mass is 16.3. The van der Waals surface area contributed by atoms with E-state index in [2.05, 4.69) is 32.0 Å². The maximum atomic E-state index is 9.98. The average Bonchev–Trinajstić information content (AvgIpc) is 3.04. The van der Waals surface area contributed by atoms with Crippen LogP contribution in [0.15, 0.2) is 23.5 Å². The van der Waals surface area contributed by atoms with E-state index < -0.39 is 0 Å². The molecule has 0 aromatic carbocycles. The molecule has 0 amide bonds. The van der Waals surface area contributed by atoms with Crippen molar-refractivity contribution in [3.05, 3.63) is 18.5 Å². The van der Waals surface area contributed by atoms with Gasteiger partial charge in [0.15, 0.2) is 5.96 Å². The maximum absolute atomic E-state index is 9.98. The number of aromatic nitrogens is 2. The van der Waals surface area contributed by atoms with E-state index >= 15 is 0 Å². The van der Waals surface area contributed by atoms with Crippen LogP contribution in [0.5, 0.6) is 0 Å². The molecule has 2 N–H and O–H groups in total. The lowest BCUT2D eigenvalue weighted by Gasteiger charge is -2.36. The molecule has 1 aromatic heterocycles. The van der Waals surface area contributed by atoms with Gasteiger partial charge in [-0.05, 0) is 25.8 Å². The van der Waals surface area contributed by atoms with Crippen molar-refractivity contribution in [1.82, 2.24) is 20.2 Å². The zero-order valence-electron chi connectivity index (χ0n) is 14.4. The molecule has 2 fully saturated rings. The number of hydrogen-bond acceptors (Lipinski definition) is 5. The molecule has 0 radical (unpaired) electrons. The number of rotatable bonds is 4. The number of piperazine rings is 1. The fourth-order valence-electron chi connectivity index (χ4n) is 3.43. The van der Waals surface area contributed by atoms with Gasteiger partial charge >= 0.3 is 0 Å². The van der Waals surface area contributed by atoms with Gasteiger partial charge in [0.25, 0.3) is 0 Å². The van der Waals surface area contributed by atoms with Crippen molar-refractivity contribution >= 4 is 11.9 Å². The second-order valence-electron chi connectivity index (χ2n) is 6.48. The van der Waals surface area contributed by atoms with Crippen molar-refractivity contribution in [2.75, 3.05) is 44.2 Å². The lowest BCUT2D eigenvalue weighted by Crippen LogP contribution is -2.53. The van der Waals surface area contributed by atoms with Gasteiger partial charge in [-0.2, -0.15) is 0 Å².